The van der Waals surface area contributed by atoms with Crippen LogP contribution < -0.4 is 0 Å². The van der Waals surface area contributed by atoms with Gasteiger partial charge in [0.1, 0.15) is 5.70 Å². The molecule has 0 fully saturated rings. The van der Waals surface area contributed by atoms with Crippen molar-refractivity contribution in [2.45, 2.75) is 57.9 Å². The number of hydroxylamine groups is 2. The van der Waals surface area contributed by atoms with Gasteiger partial charge in [0.2, 0.25) is 0 Å². The molecule has 0 aromatic rings. The first-order valence-corrected chi connectivity index (χ1v) is 7.19. The van der Waals surface area contributed by atoms with E-state index in [-0.39, 0.29) is 11.7 Å². The normalized spacial score (nSPS) is 23.0. The fraction of sp³-hybridized carbons (Fsp3) is 0.667. The van der Waals surface area contributed by atoms with Crippen LogP contribution in [0.3, 0.4) is 0 Å². The zero-order valence-corrected chi connectivity index (χ0v) is 11.8. The van der Waals surface area contributed by atoms with E-state index in [2.05, 4.69) is 6.92 Å². The molecular weight excluding hydrogens is 242 g/mol. The average molecular weight is 265 g/mol. The highest BCUT2D eigenvalue weighted by Crippen LogP contribution is 2.37. The highest BCUT2D eigenvalue weighted by Gasteiger charge is 2.33. The highest BCUT2D eigenvalue weighted by atomic mass is 16.5. The van der Waals surface area contributed by atoms with Crippen molar-refractivity contribution in [2.75, 3.05) is 7.11 Å². The first kappa shape index (κ1) is 14.1. The van der Waals surface area contributed by atoms with Gasteiger partial charge in [-0.3, -0.25) is 5.21 Å². The number of hydrogen-bond donors (Lipinski definition) is 1. The first-order valence-electron chi connectivity index (χ1n) is 7.19. The second-order valence-electron chi connectivity index (χ2n) is 5.28. The SMILES string of the molecule is CCCCC1C2=C(C=C(C(=O)OC)N1O)CCCC2. The van der Waals surface area contributed by atoms with Crippen LogP contribution in [0.4, 0.5) is 0 Å². The Morgan fingerprint density at radius 2 is 2.21 bits per heavy atom. The van der Waals surface area contributed by atoms with E-state index in [0.29, 0.717) is 0 Å². The Hall–Kier alpha value is -1.29. The van der Waals surface area contributed by atoms with Crippen molar-refractivity contribution < 1.29 is 14.7 Å². The van der Waals surface area contributed by atoms with Gasteiger partial charge in [-0.15, -0.1) is 0 Å². The van der Waals surface area contributed by atoms with E-state index < -0.39 is 5.97 Å². The molecule has 1 atom stereocenters. The molecule has 0 bridgehead atoms. The molecule has 0 spiro atoms. The lowest BCUT2D eigenvalue weighted by Gasteiger charge is -2.37. The lowest BCUT2D eigenvalue weighted by atomic mass is 9.82. The maximum Gasteiger partial charge on any atom is 0.356 e. The van der Waals surface area contributed by atoms with E-state index >= 15 is 0 Å². The molecule has 1 unspecified atom stereocenters. The number of rotatable bonds is 4. The van der Waals surface area contributed by atoms with Gasteiger partial charge in [-0.05, 0) is 49.3 Å². The predicted octanol–water partition coefficient (Wildman–Crippen LogP) is 3.18. The predicted molar refractivity (Wildman–Crippen MR) is 72.5 cm³/mol. The van der Waals surface area contributed by atoms with Crippen molar-refractivity contribution in [1.82, 2.24) is 5.06 Å². The quantitative estimate of drug-likeness (QED) is 0.793. The molecule has 1 aliphatic carbocycles. The first-order chi connectivity index (χ1) is 9.19. The summed E-state index contributed by atoms with van der Waals surface area (Å²) in [5.74, 6) is -0.457. The van der Waals surface area contributed by atoms with Crippen LogP contribution in [0.25, 0.3) is 0 Å². The van der Waals surface area contributed by atoms with E-state index in [0.717, 1.165) is 43.6 Å². The summed E-state index contributed by atoms with van der Waals surface area (Å²) < 4.78 is 4.76. The molecule has 1 N–H and O–H groups in total. The molecule has 0 aromatic carbocycles. The zero-order chi connectivity index (χ0) is 13.8. The summed E-state index contributed by atoms with van der Waals surface area (Å²) in [7, 11) is 1.35. The Morgan fingerprint density at radius 3 is 2.89 bits per heavy atom. The van der Waals surface area contributed by atoms with Gasteiger partial charge in [0.15, 0.2) is 0 Å². The number of unbranched alkanes of at least 4 members (excludes halogenated alkanes) is 1. The summed E-state index contributed by atoms with van der Waals surface area (Å²) in [6.07, 6.45) is 9.21. The summed E-state index contributed by atoms with van der Waals surface area (Å²) in [6, 6.07) is -0.0469. The second-order valence-corrected chi connectivity index (χ2v) is 5.28. The monoisotopic (exact) mass is 265 g/mol. The minimum Gasteiger partial charge on any atom is -0.464 e. The lowest BCUT2D eigenvalue weighted by molar-refractivity contribution is -0.149. The number of carbonyl (C=O) groups is 1. The Balaban J connectivity index is 2.30. The molecule has 0 radical (unpaired) electrons. The van der Waals surface area contributed by atoms with Crippen LogP contribution >= 0.6 is 0 Å². The molecular formula is C15H23NO3. The summed E-state index contributed by atoms with van der Waals surface area (Å²) in [6.45, 7) is 2.14. The van der Waals surface area contributed by atoms with Crippen LogP contribution in [0, 0.1) is 0 Å². The van der Waals surface area contributed by atoms with E-state index in [9.17, 15) is 10.0 Å². The maximum atomic E-state index is 11.8. The van der Waals surface area contributed by atoms with Gasteiger partial charge in [0.25, 0.3) is 0 Å². The molecule has 1 aliphatic heterocycles. The number of ether oxygens (including phenoxy) is 1. The smallest absolute Gasteiger partial charge is 0.356 e. The van der Waals surface area contributed by atoms with Crippen LogP contribution in [0.1, 0.15) is 51.9 Å². The molecule has 19 heavy (non-hydrogen) atoms. The van der Waals surface area contributed by atoms with Crippen molar-refractivity contribution in [3.05, 3.63) is 22.9 Å². The minimum absolute atomic E-state index is 0.0469. The third kappa shape index (κ3) is 2.84. The van der Waals surface area contributed by atoms with Crippen molar-refractivity contribution in [3.8, 4) is 0 Å². The third-order valence-corrected chi connectivity index (χ3v) is 4.04. The summed E-state index contributed by atoms with van der Waals surface area (Å²) in [5.41, 5.74) is 2.83. The Bertz CT molecular complexity index is 412. The number of hydrogen-bond acceptors (Lipinski definition) is 4. The van der Waals surface area contributed by atoms with Crippen LogP contribution in [0.2, 0.25) is 0 Å². The topological polar surface area (TPSA) is 49.8 Å². The molecule has 1 heterocycles. The van der Waals surface area contributed by atoms with Gasteiger partial charge in [-0.1, -0.05) is 19.8 Å². The number of methoxy groups -OCH3 is 1. The molecule has 0 saturated carbocycles. The van der Waals surface area contributed by atoms with E-state index in [1.54, 1.807) is 0 Å². The van der Waals surface area contributed by atoms with Crippen molar-refractivity contribution in [3.63, 3.8) is 0 Å². The van der Waals surface area contributed by atoms with Crippen molar-refractivity contribution in [2.24, 2.45) is 0 Å². The lowest BCUT2D eigenvalue weighted by Crippen LogP contribution is -2.40. The van der Waals surface area contributed by atoms with E-state index in [4.69, 9.17) is 4.74 Å². The van der Waals surface area contributed by atoms with E-state index in [1.807, 2.05) is 6.08 Å². The molecule has 106 valence electrons. The number of carbonyl (C=O) groups excluding carboxylic acids is 1. The number of esters is 1. The Kier molecular flexibility index (Phi) is 4.64. The van der Waals surface area contributed by atoms with Crippen molar-refractivity contribution >= 4 is 5.97 Å². The fourth-order valence-electron chi connectivity index (χ4n) is 3.00. The minimum atomic E-state index is -0.457. The largest absolute Gasteiger partial charge is 0.464 e. The standard InChI is InChI=1S/C15H23NO3/c1-3-4-9-13-12-8-6-5-7-11(12)10-14(16(13)18)15(17)19-2/h10,13,18H,3-9H2,1-2H3. The van der Waals surface area contributed by atoms with Gasteiger partial charge in [-0.2, -0.15) is 0 Å². The van der Waals surface area contributed by atoms with Crippen molar-refractivity contribution in [1.29, 1.82) is 0 Å². The van der Waals surface area contributed by atoms with Crippen LogP contribution in [-0.4, -0.2) is 29.4 Å². The molecule has 4 heteroatoms. The zero-order valence-electron chi connectivity index (χ0n) is 11.8. The van der Waals surface area contributed by atoms with Gasteiger partial charge in [-0.25, -0.2) is 9.86 Å². The number of nitrogens with zero attached hydrogens (tertiary/aromatic N) is 1. The summed E-state index contributed by atoms with van der Waals surface area (Å²) in [5, 5.41) is 11.5. The number of allylic oxidation sites excluding steroid dienone is 2. The Morgan fingerprint density at radius 1 is 1.47 bits per heavy atom. The molecule has 0 saturated heterocycles. The van der Waals surface area contributed by atoms with Gasteiger partial charge in [0, 0.05) is 0 Å². The van der Waals surface area contributed by atoms with E-state index in [1.165, 1.54) is 24.7 Å². The molecule has 4 nitrogen and oxygen atoms in total. The summed E-state index contributed by atoms with van der Waals surface area (Å²) in [4.78, 5) is 11.8. The molecule has 2 aliphatic rings. The highest BCUT2D eigenvalue weighted by molar-refractivity contribution is 5.88. The van der Waals surface area contributed by atoms with Gasteiger partial charge >= 0.3 is 5.97 Å². The third-order valence-electron chi connectivity index (χ3n) is 4.04. The maximum absolute atomic E-state index is 11.8. The Labute approximate surface area is 114 Å². The fourth-order valence-corrected chi connectivity index (χ4v) is 3.00. The van der Waals surface area contributed by atoms with Gasteiger partial charge < -0.3 is 4.74 Å². The van der Waals surface area contributed by atoms with Crippen LogP contribution in [0.5, 0.6) is 0 Å². The molecule has 2 rings (SSSR count). The summed E-state index contributed by atoms with van der Waals surface area (Å²) >= 11 is 0. The molecule has 0 aromatic heterocycles. The van der Waals surface area contributed by atoms with Crippen LogP contribution in [0.15, 0.2) is 22.9 Å². The average Bonchev–Trinajstić information content (AvgIpc) is 2.45. The van der Waals surface area contributed by atoms with Gasteiger partial charge in [0.05, 0.1) is 13.2 Å². The van der Waals surface area contributed by atoms with Crippen LogP contribution in [-0.2, 0) is 9.53 Å². The molecule has 0 amide bonds. The second kappa shape index (κ2) is 6.24.